The van der Waals surface area contributed by atoms with E-state index in [0.29, 0.717) is 12.8 Å². The number of benzene rings is 1. The summed E-state index contributed by atoms with van der Waals surface area (Å²) in [6, 6.07) is 8.35. The number of rotatable bonds is 8. The number of anilines is 1. The second-order valence-electron chi connectivity index (χ2n) is 8.03. The Balaban J connectivity index is 1.48. The number of hydrogen-bond donors (Lipinski definition) is 2. The van der Waals surface area contributed by atoms with Crippen LogP contribution in [0, 0.1) is 5.92 Å². The van der Waals surface area contributed by atoms with E-state index in [-0.39, 0.29) is 11.8 Å². The van der Waals surface area contributed by atoms with Gasteiger partial charge in [-0.2, -0.15) is 0 Å². The van der Waals surface area contributed by atoms with Crippen molar-refractivity contribution < 1.29 is 9.59 Å². The van der Waals surface area contributed by atoms with Gasteiger partial charge in [-0.25, -0.2) is 0 Å². The standard InChI is InChI=1S/C22H34N4O2/c1-23-22(28)7-4-20(17-27)19-2-5-21(6-3-19)26-12-8-18(9-13-26)16-25-14-10-24-11-15-25/h2-3,5-6,17-18,20,24H,4,7-16H2,1H3,(H,23,28). The smallest absolute Gasteiger partial charge is 0.219 e. The lowest BCUT2D eigenvalue weighted by molar-refractivity contribution is -0.120. The minimum absolute atomic E-state index is 0.0212. The molecule has 2 aliphatic heterocycles. The summed E-state index contributed by atoms with van der Waals surface area (Å²) in [4.78, 5) is 27.9. The molecule has 1 amide bonds. The predicted molar refractivity (Wildman–Crippen MR) is 113 cm³/mol. The maximum atomic E-state index is 11.4. The van der Waals surface area contributed by atoms with Crippen LogP contribution in [0.3, 0.4) is 0 Å². The average molecular weight is 387 g/mol. The molecule has 0 aliphatic carbocycles. The third-order valence-corrected chi connectivity index (χ3v) is 6.15. The van der Waals surface area contributed by atoms with E-state index in [1.807, 2.05) is 12.1 Å². The van der Waals surface area contributed by atoms with Crippen LogP contribution >= 0.6 is 0 Å². The molecule has 0 spiro atoms. The van der Waals surface area contributed by atoms with Gasteiger partial charge in [0.25, 0.3) is 0 Å². The molecule has 1 aromatic rings. The number of piperazine rings is 1. The van der Waals surface area contributed by atoms with Crippen molar-refractivity contribution >= 4 is 17.9 Å². The molecule has 2 aliphatic rings. The van der Waals surface area contributed by atoms with Gasteiger partial charge in [0.05, 0.1) is 0 Å². The van der Waals surface area contributed by atoms with Crippen LogP contribution in [0.2, 0.25) is 0 Å². The lowest BCUT2D eigenvalue weighted by Gasteiger charge is -2.37. The molecule has 0 aromatic heterocycles. The van der Waals surface area contributed by atoms with Crippen molar-refractivity contribution in [3.05, 3.63) is 29.8 Å². The van der Waals surface area contributed by atoms with Crippen LogP contribution < -0.4 is 15.5 Å². The minimum Gasteiger partial charge on any atom is -0.372 e. The van der Waals surface area contributed by atoms with E-state index in [1.54, 1.807) is 7.05 Å². The highest BCUT2D eigenvalue weighted by Crippen LogP contribution is 2.27. The van der Waals surface area contributed by atoms with Gasteiger partial charge in [0.1, 0.15) is 6.29 Å². The molecule has 0 bridgehead atoms. The van der Waals surface area contributed by atoms with Crippen molar-refractivity contribution in [1.82, 2.24) is 15.5 Å². The Bertz CT molecular complexity index is 620. The fourth-order valence-corrected chi connectivity index (χ4v) is 4.29. The number of hydrogen-bond acceptors (Lipinski definition) is 5. The number of carbonyl (C=O) groups is 2. The topological polar surface area (TPSA) is 64.7 Å². The second kappa shape index (κ2) is 10.6. The first-order valence-corrected chi connectivity index (χ1v) is 10.6. The molecule has 0 radical (unpaired) electrons. The zero-order chi connectivity index (χ0) is 19.8. The maximum absolute atomic E-state index is 11.4. The fourth-order valence-electron chi connectivity index (χ4n) is 4.29. The summed E-state index contributed by atoms with van der Waals surface area (Å²) in [6.45, 7) is 8.04. The van der Waals surface area contributed by atoms with Crippen molar-refractivity contribution in [1.29, 1.82) is 0 Å². The number of aldehydes is 1. The van der Waals surface area contributed by atoms with Crippen LogP contribution in [0.4, 0.5) is 5.69 Å². The van der Waals surface area contributed by atoms with Crippen molar-refractivity contribution in [3.63, 3.8) is 0 Å². The summed E-state index contributed by atoms with van der Waals surface area (Å²) in [5, 5.41) is 6.03. The van der Waals surface area contributed by atoms with Crippen LogP contribution in [0.5, 0.6) is 0 Å². The highest BCUT2D eigenvalue weighted by atomic mass is 16.1. The van der Waals surface area contributed by atoms with E-state index in [0.717, 1.165) is 43.9 Å². The number of piperidine rings is 1. The van der Waals surface area contributed by atoms with Crippen molar-refractivity contribution in [2.75, 3.05) is 57.8 Å². The van der Waals surface area contributed by atoms with E-state index in [9.17, 15) is 9.59 Å². The van der Waals surface area contributed by atoms with Gasteiger partial charge in [-0.3, -0.25) is 4.79 Å². The highest BCUT2D eigenvalue weighted by Gasteiger charge is 2.22. The lowest BCUT2D eigenvalue weighted by atomic mass is 9.93. The Morgan fingerprint density at radius 1 is 1.18 bits per heavy atom. The van der Waals surface area contributed by atoms with E-state index < -0.39 is 0 Å². The van der Waals surface area contributed by atoms with Gasteiger partial charge < -0.3 is 25.2 Å². The minimum atomic E-state index is -0.212. The molecule has 0 saturated carbocycles. The normalized spacial score (nSPS) is 20.0. The Labute approximate surface area is 168 Å². The van der Waals surface area contributed by atoms with Crippen LogP contribution in [-0.2, 0) is 9.59 Å². The Hall–Kier alpha value is -1.92. The third kappa shape index (κ3) is 5.79. The molecule has 1 aromatic carbocycles. The largest absolute Gasteiger partial charge is 0.372 e. The summed E-state index contributed by atoms with van der Waals surface area (Å²) >= 11 is 0. The number of nitrogens with one attached hydrogen (secondary N) is 2. The molecule has 3 rings (SSSR count). The van der Waals surface area contributed by atoms with Crippen LogP contribution in [0.1, 0.15) is 37.2 Å². The monoisotopic (exact) mass is 386 g/mol. The van der Waals surface area contributed by atoms with Crippen molar-refractivity contribution in [3.8, 4) is 0 Å². The highest BCUT2D eigenvalue weighted by molar-refractivity contribution is 5.76. The van der Waals surface area contributed by atoms with Gasteiger partial charge in [0, 0.05) is 70.9 Å². The Morgan fingerprint density at radius 3 is 2.46 bits per heavy atom. The summed E-state index contributed by atoms with van der Waals surface area (Å²) in [6.07, 6.45) is 4.38. The van der Waals surface area contributed by atoms with E-state index >= 15 is 0 Å². The van der Waals surface area contributed by atoms with Gasteiger partial charge >= 0.3 is 0 Å². The van der Waals surface area contributed by atoms with Crippen LogP contribution in [-0.4, -0.2) is 70.0 Å². The number of amides is 1. The first kappa shape index (κ1) is 20.8. The van der Waals surface area contributed by atoms with E-state index in [4.69, 9.17) is 0 Å². The van der Waals surface area contributed by atoms with Gasteiger partial charge in [0.2, 0.25) is 5.91 Å². The van der Waals surface area contributed by atoms with Crippen LogP contribution in [0.15, 0.2) is 24.3 Å². The van der Waals surface area contributed by atoms with E-state index in [2.05, 4.69) is 32.6 Å². The molecular weight excluding hydrogens is 352 g/mol. The quantitative estimate of drug-likeness (QED) is 0.665. The van der Waals surface area contributed by atoms with Crippen molar-refractivity contribution in [2.24, 2.45) is 5.92 Å². The summed E-state index contributed by atoms with van der Waals surface area (Å²) in [5.41, 5.74) is 2.23. The van der Waals surface area contributed by atoms with Gasteiger partial charge in [0.15, 0.2) is 0 Å². The predicted octanol–water partition coefficient (Wildman–Crippen LogP) is 1.62. The second-order valence-corrected chi connectivity index (χ2v) is 8.03. The Kier molecular flexibility index (Phi) is 7.86. The molecule has 1 unspecified atom stereocenters. The van der Waals surface area contributed by atoms with Gasteiger partial charge in [-0.15, -0.1) is 0 Å². The molecule has 2 heterocycles. The molecule has 154 valence electrons. The zero-order valence-electron chi connectivity index (χ0n) is 17.0. The maximum Gasteiger partial charge on any atom is 0.219 e. The van der Waals surface area contributed by atoms with Crippen LogP contribution in [0.25, 0.3) is 0 Å². The molecule has 2 saturated heterocycles. The molecule has 28 heavy (non-hydrogen) atoms. The van der Waals surface area contributed by atoms with Crippen molar-refractivity contribution in [2.45, 2.75) is 31.6 Å². The average Bonchev–Trinajstić information content (AvgIpc) is 2.76. The molecule has 6 nitrogen and oxygen atoms in total. The van der Waals surface area contributed by atoms with Gasteiger partial charge in [-0.05, 0) is 42.9 Å². The zero-order valence-corrected chi connectivity index (χ0v) is 17.0. The number of nitrogens with zero attached hydrogens (tertiary/aromatic N) is 2. The molecule has 2 fully saturated rings. The SMILES string of the molecule is CNC(=O)CCC(C=O)c1ccc(N2CCC(CN3CCNCC3)CC2)cc1. The number of carbonyl (C=O) groups excluding carboxylic acids is 2. The Morgan fingerprint density at radius 2 is 1.86 bits per heavy atom. The summed E-state index contributed by atoms with van der Waals surface area (Å²) in [7, 11) is 1.62. The molecule has 6 heteroatoms. The first-order valence-electron chi connectivity index (χ1n) is 10.6. The summed E-state index contributed by atoms with van der Waals surface area (Å²) < 4.78 is 0. The lowest BCUT2D eigenvalue weighted by Crippen LogP contribution is -2.46. The fraction of sp³-hybridized carbons (Fsp3) is 0.636. The van der Waals surface area contributed by atoms with Gasteiger partial charge in [-0.1, -0.05) is 12.1 Å². The first-order chi connectivity index (χ1) is 13.7. The molecule has 1 atom stereocenters. The van der Waals surface area contributed by atoms with E-state index in [1.165, 1.54) is 38.2 Å². The third-order valence-electron chi connectivity index (χ3n) is 6.15. The summed E-state index contributed by atoms with van der Waals surface area (Å²) in [5.74, 6) is 0.570. The molecular formula is C22H34N4O2. The molecule has 2 N–H and O–H groups in total.